The van der Waals surface area contributed by atoms with Crippen molar-refractivity contribution in [3.8, 4) is 34.5 Å². The molecule has 5 aromatic rings. The number of imidazole rings is 1. The van der Waals surface area contributed by atoms with Crippen LogP contribution in [0.25, 0.3) is 11.0 Å². The Morgan fingerprint density at radius 2 is 1.43 bits per heavy atom. The number of aromatic amines is 1. The summed E-state index contributed by atoms with van der Waals surface area (Å²) in [5, 5.41) is 3.01. The van der Waals surface area contributed by atoms with E-state index < -0.39 is 6.29 Å². The van der Waals surface area contributed by atoms with E-state index in [1.54, 1.807) is 59.2 Å². The minimum atomic E-state index is -0.445. The lowest BCUT2D eigenvalue weighted by Gasteiger charge is -2.16. The third-order valence-corrected chi connectivity index (χ3v) is 6.27. The Bertz CT molecular complexity index is 1680. The van der Waals surface area contributed by atoms with Gasteiger partial charge < -0.3 is 38.7 Å². The maximum Gasteiger partial charge on any atom is 0.183 e. The summed E-state index contributed by atoms with van der Waals surface area (Å²) in [7, 11) is 8.00. The molecular weight excluding hydrogens is 564 g/mol. The van der Waals surface area contributed by atoms with Crippen molar-refractivity contribution < 1.29 is 33.2 Å². The predicted octanol–water partition coefficient (Wildman–Crippen LogP) is 7.03. The number of hydrogen-bond acceptors (Lipinski definition) is 9. The standard InChI is InChI=1S/C17H18N2O4.C16H16N2O3/c1-20-16-8-11(17(21-2)22-3)4-7-15(16)23-12-5-6-13-14(9-12)19-10-18-13;1-17-11-18-13-4-6-14(7-5-13)21-15-8-3-12(10-19)9-16(15)20-2/h4-10,17H,1-3H3,(H,18,19);3-11H,1-2H3,(H,17,18). The van der Waals surface area contributed by atoms with Crippen LogP contribution < -0.4 is 24.3 Å². The first-order valence-electron chi connectivity index (χ1n) is 13.4. The SMILES string of the molecule is CN=CNc1ccc(Oc2ccc(C=O)cc2OC)cc1.COc1cc(C(OC)OC)ccc1Oc1ccc2nc[nH]c2c1. The van der Waals surface area contributed by atoms with Gasteiger partial charge in [0.05, 0.1) is 37.9 Å². The molecule has 0 saturated carbocycles. The molecule has 11 heteroatoms. The van der Waals surface area contributed by atoms with Crippen molar-refractivity contribution in [2.75, 3.05) is 40.8 Å². The summed E-state index contributed by atoms with van der Waals surface area (Å²) in [5.74, 6) is 3.65. The predicted molar refractivity (Wildman–Crippen MR) is 169 cm³/mol. The molecule has 0 amide bonds. The summed E-state index contributed by atoms with van der Waals surface area (Å²) in [5.41, 5.74) is 4.11. The van der Waals surface area contributed by atoms with Gasteiger partial charge in [0, 0.05) is 44.1 Å². The molecule has 0 fully saturated rings. The number of nitrogens with zero attached hydrogens (tertiary/aromatic N) is 2. The molecular formula is C33H34N4O7. The fourth-order valence-electron chi connectivity index (χ4n) is 4.12. The van der Waals surface area contributed by atoms with Gasteiger partial charge in [0.2, 0.25) is 0 Å². The molecule has 228 valence electrons. The second-order valence-corrected chi connectivity index (χ2v) is 9.08. The van der Waals surface area contributed by atoms with Crippen LogP contribution in [0.2, 0.25) is 0 Å². The van der Waals surface area contributed by atoms with Crippen molar-refractivity contribution in [3.63, 3.8) is 0 Å². The summed E-state index contributed by atoms with van der Waals surface area (Å²) in [6.07, 6.45) is 3.58. The number of carbonyl (C=O) groups excluding carboxylic acids is 1. The highest BCUT2D eigenvalue weighted by Gasteiger charge is 2.14. The fraction of sp³-hybridized carbons (Fsp3) is 0.182. The molecule has 1 aromatic heterocycles. The van der Waals surface area contributed by atoms with Gasteiger partial charge in [0.15, 0.2) is 29.3 Å². The molecule has 4 aromatic carbocycles. The smallest absolute Gasteiger partial charge is 0.183 e. The molecule has 0 bridgehead atoms. The second kappa shape index (κ2) is 15.7. The van der Waals surface area contributed by atoms with Gasteiger partial charge in [-0.1, -0.05) is 0 Å². The average Bonchev–Trinajstić information content (AvgIpc) is 3.54. The van der Waals surface area contributed by atoms with E-state index in [9.17, 15) is 4.79 Å². The van der Waals surface area contributed by atoms with Gasteiger partial charge in [-0.2, -0.15) is 0 Å². The Morgan fingerprint density at radius 1 is 0.773 bits per heavy atom. The lowest BCUT2D eigenvalue weighted by Crippen LogP contribution is -2.04. The Kier molecular flexibility index (Phi) is 11.3. The molecule has 0 aliphatic heterocycles. The second-order valence-electron chi connectivity index (χ2n) is 9.08. The number of ether oxygens (including phenoxy) is 6. The summed E-state index contributed by atoms with van der Waals surface area (Å²) >= 11 is 0. The zero-order valence-corrected chi connectivity index (χ0v) is 25.1. The summed E-state index contributed by atoms with van der Waals surface area (Å²) < 4.78 is 32.8. The van der Waals surface area contributed by atoms with Crippen LogP contribution in [0.4, 0.5) is 5.69 Å². The topological polar surface area (TPSA) is 126 Å². The van der Waals surface area contributed by atoms with Gasteiger partial charge in [0.1, 0.15) is 17.8 Å². The number of anilines is 1. The van der Waals surface area contributed by atoms with E-state index >= 15 is 0 Å². The van der Waals surface area contributed by atoms with E-state index in [1.807, 2.05) is 60.7 Å². The molecule has 0 aliphatic carbocycles. The highest BCUT2D eigenvalue weighted by atomic mass is 16.7. The van der Waals surface area contributed by atoms with Crippen LogP contribution in [0, 0.1) is 0 Å². The lowest BCUT2D eigenvalue weighted by atomic mass is 10.2. The van der Waals surface area contributed by atoms with Gasteiger partial charge in [-0.05, 0) is 72.8 Å². The number of aromatic nitrogens is 2. The number of nitrogens with one attached hydrogen (secondary N) is 2. The van der Waals surface area contributed by atoms with E-state index in [-0.39, 0.29) is 0 Å². The van der Waals surface area contributed by atoms with Crippen molar-refractivity contribution in [1.29, 1.82) is 0 Å². The normalized spacial score (nSPS) is 10.8. The van der Waals surface area contributed by atoms with E-state index in [2.05, 4.69) is 20.3 Å². The minimum Gasteiger partial charge on any atom is -0.493 e. The summed E-state index contributed by atoms with van der Waals surface area (Å²) in [4.78, 5) is 21.8. The zero-order chi connectivity index (χ0) is 31.3. The van der Waals surface area contributed by atoms with Crippen LogP contribution in [-0.4, -0.2) is 58.1 Å². The van der Waals surface area contributed by atoms with Crippen LogP contribution in [0.5, 0.6) is 34.5 Å². The van der Waals surface area contributed by atoms with Crippen molar-refractivity contribution in [3.05, 3.63) is 96.3 Å². The van der Waals surface area contributed by atoms with Gasteiger partial charge in [-0.25, -0.2) is 4.98 Å². The number of carbonyl (C=O) groups is 1. The van der Waals surface area contributed by atoms with Crippen LogP contribution in [0.1, 0.15) is 22.2 Å². The largest absolute Gasteiger partial charge is 0.493 e. The molecule has 11 nitrogen and oxygen atoms in total. The van der Waals surface area contributed by atoms with E-state index in [0.29, 0.717) is 40.1 Å². The fourth-order valence-corrected chi connectivity index (χ4v) is 4.12. The highest BCUT2D eigenvalue weighted by Crippen LogP contribution is 2.35. The van der Waals surface area contributed by atoms with Crippen LogP contribution in [0.3, 0.4) is 0 Å². The van der Waals surface area contributed by atoms with Crippen molar-refractivity contribution >= 4 is 29.3 Å². The first kappa shape index (κ1) is 31.5. The third kappa shape index (κ3) is 8.12. The monoisotopic (exact) mass is 598 g/mol. The third-order valence-electron chi connectivity index (χ3n) is 6.27. The first-order valence-corrected chi connectivity index (χ1v) is 13.4. The maximum absolute atomic E-state index is 10.8. The highest BCUT2D eigenvalue weighted by molar-refractivity contribution is 5.77. The zero-order valence-electron chi connectivity index (χ0n) is 25.1. The summed E-state index contributed by atoms with van der Waals surface area (Å²) in [6, 6.07) is 23.6. The molecule has 5 rings (SSSR count). The van der Waals surface area contributed by atoms with E-state index in [4.69, 9.17) is 28.4 Å². The maximum atomic E-state index is 10.8. The molecule has 0 spiro atoms. The number of hydrogen-bond donors (Lipinski definition) is 2. The molecule has 2 N–H and O–H groups in total. The van der Waals surface area contributed by atoms with Gasteiger partial charge in [0.25, 0.3) is 0 Å². The van der Waals surface area contributed by atoms with Crippen molar-refractivity contribution in [2.45, 2.75) is 6.29 Å². The van der Waals surface area contributed by atoms with Gasteiger partial charge in [-0.3, -0.25) is 9.79 Å². The van der Waals surface area contributed by atoms with E-state index in [1.165, 1.54) is 7.11 Å². The number of benzene rings is 4. The lowest BCUT2D eigenvalue weighted by molar-refractivity contribution is -0.106. The Morgan fingerprint density at radius 3 is 2.09 bits per heavy atom. The molecule has 0 aliphatic rings. The van der Waals surface area contributed by atoms with Crippen LogP contribution in [0.15, 0.2) is 90.2 Å². The molecule has 0 atom stereocenters. The van der Waals surface area contributed by atoms with Gasteiger partial charge >= 0.3 is 0 Å². The molecule has 0 radical (unpaired) electrons. The first-order chi connectivity index (χ1) is 21.5. The Labute approximate surface area is 255 Å². The number of rotatable bonds is 12. The number of aliphatic imine (C=N–C) groups is 1. The number of fused-ring (bicyclic) bond motifs is 1. The molecule has 0 saturated heterocycles. The van der Waals surface area contributed by atoms with Gasteiger partial charge in [-0.15, -0.1) is 0 Å². The number of methoxy groups -OCH3 is 4. The molecule has 44 heavy (non-hydrogen) atoms. The Balaban J connectivity index is 0.000000202. The molecule has 0 unspecified atom stereocenters. The quantitative estimate of drug-likeness (QED) is 0.0674. The summed E-state index contributed by atoms with van der Waals surface area (Å²) in [6.45, 7) is 0. The number of H-pyrrole nitrogens is 1. The van der Waals surface area contributed by atoms with Crippen molar-refractivity contribution in [1.82, 2.24) is 9.97 Å². The van der Waals surface area contributed by atoms with Crippen LogP contribution in [-0.2, 0) is 9.47 Å². The Hall–Kier alpha value is -5.39. The average molecular weight is 599 g/mol. The number of aldehydes is 1. The van der Waals surface area contributed by atoms with Crippen LogP contribution >= 0.6 is 0 Å². The van der Waals surface area contributed by atoms with E-state index in [0.717, 1.165) is 28.6 Å². The molecule has 1 heterocycles. The minimum absolute atomic E-state index is 0.445. The van der Waals surface area contributed by atoms with Crippen molar-refractivity contribution in [2.24, 2.45) is 4.99 Å².